The molecule has 2 aromatic rings. The summed E-state index contributed by atoms with van der Waals surface area (Å²) in [6.45, 7) is 4.54. The fourth-order valence-corrected chi connectivity index (χ4v) is 2.61. The quantitative estimate of drug-likeness (QED) is 0.552. The van der Waals surface area contributed by atoms with Gasteiger partial charge in [0, 0.05) is 12.1 Å². The van der Waals surface area contributed by atoms with Gasteiger partial charge in [0.05, 0.1) is 0 Å². The van der Waals surface area contributed by atoms with E-state index in [-0.39, 0.29) is 5.82 Å². The summed E-state index contributed by atoms with van der Waals surface area (Å²) in [5.74, 6) is 0.669. The number of para-hydroxylation sites is 1. The second-order valence-corrected chi connectivity index (χ2v) is 6.11. The van der Waals surface area contributed by atoms with Gasteiger partial charge in [-0.3, -0.25) is 0 Å². The van der Waals surface area contributed by atoms with Crippen molar-refractivity contribution in [3.05, 3.63) is 65.5 Å². The molecule has 0 aliphatic heterocycles. The van der Waals surface area contributed by atoms with Gasteiger partial charge in [-0.1, -0.05) is 62.9 Å². The van der Waals surface area contributed by atoms with Gasteiger partial charge in [0.1, 0.15) is 18.2 Å². The normalized spacial score (nSPS) is 10.8. The summed E-state index contributed by atoms with van der Waals surface area (Å²) < 4.78 is 18.8. The maximum Gasteiger partial charge on any atom is 0.124 e. The molecule has 0 spiro atoms. The lowest BCUT2D eigenvalue weighted by Gasteiger charge is -2.12. The van der Waals surface area contributed by atoms with Gasteiger partial charge in [-0.15, -0.1) is 0 Å². The predicted octanol–water partition coefficient (Wildman–Crippen LogP) is 5.46. The molecule has 0 atom stereocenters. The molecule has 0 radical (unpaired) electrons. The van der Waals surface area contributed by atoms with E-state index in [0.29, 0.717) is 6.61 Å². The molecule has 0 saturated heterocycles. The molecular formula is C21H28FNO. The zero-order chi connectivity index (χ0) is 17.0. The van der Waals surface area contributed by atoms with Crippen LogP contribution in [0.4, 0.5) is 4.39 Å². The Morgan fingerprint density at radius 2 is 1.67 bits per heavy atom. The third kappa shape index (κ3) is 6.71. The molecule has 1 N–H and O–H groups in total. The summed E-state index contributed by atoms with van der Waals surface area (Å²) in [4.78, 5) is 0. The number of benzene rings is 2. The molecule has 24 heavy (non-hydrogen) atoms. The summed E-state index contributed by atoms with van der Waals surface area (Å²) in [6, 6.07) is 14.5. The van der Waals surface area contributed by atoms with Crippen LogP contribution in [0.5, 0.6) is 5.75 Å². The second kappa shape index (κ2) is 10.8. The van der Waals surface area contributed by atoms with E-state index in [1.165, 1.54) is 44.2 Å². The van der Waals surface area contributed by atoms with Gasteiger partial charge in [-0.05, 0) is 36.7 Å². The van der Waals surface area contributed by atoms with Gasteiger partial charge in [0.15, 0.2) is 0 Å². The third-order valence-electron chi connectivity index (χ3n) is 4.05. The van der Waals surface area contributed by atoms with E-state index >= 15 is 0 Å². The van der Waals surface area contributed by atoms with Crippen LogP contribution in [0.15, 0.2) is 48.5 Å². The fourth-order valence-electron chi connectivity index (χ4n) is 2.61. The van der Waals surface area contributed by atoms with Crippen molar-refractivity contribution in [2.75, 3.05) is 6.54 Å². The maximum atomic E-state index is 12.9. The smallest absolute Gasteiger partial charge is 0.124 e. The van der Waals surface area contributed by atoms with Crippen LogP contribution >= 0.6 is 0 Å². The van der Waals surface area contributed by atoms with E-state index in [1.807, 2.05) is 18.2 Å². The van der Waals surface area contributed by atoms with Gasteiger partial charge in [0.2, 0.25) is 0 Å². The van der Waals surface area contributed by atoms with Crippen molar-refractivity contribution in [2.45, 2.75) is 52.2 Å². The predicted molar refractivity (Wildman–Crippen MR) is 97.6 cm³/mol. The third-order valence-corrected chi connectivity index (χ3v) is 4.05. The van der Waals surface area contributed by atoms with Crippen LogP contribution in [0.25, 0.3) is 0 Å². The van der Waals surface area contributed by atoms with E-state index in [0.717, 1.165) is 30.0 Å². The number of hydrogen-bond donors (Lipinski definition) is 1. The first-order valence-electron chi connectivity index (χ1n) is 8.95. The van der Waals surface area contributed by atoms with Crippen molar-refractivity contribution in [3.63, 3.8) is 0 Å². The van der Waals surface area contributed by atoms with E-state index in [9.17, 15) is 4.39 Å². The Bertz CT molecular complexity index is 583. The SMILES string of the molecule is CCCCCCCNCc1ccccc1OCc1ccc(F)cc1. The Kier molecular flexibility index (Phi) is 8.33. The molecule has 0 amide bonds. The molecule has 0 aromatic heterocycles. The van der Waals surface area contributed by atoms with E-state index < -0.39 is 0 Å². The minimum atomic E-state index is -0.220. The summed E-state index contributed by atoms with van der Waals surface area (Å²) in [5, 5.41) is 3.50. The average molecular weight is 329 g/mol. The topological polar surface area (TPSA) is 21.3 Å². The molecule has 0 fully saturated rings. The van der Waals surface area contributed by atoms with Crippen molar-refractivity contribution >= 4 is 0 Å². The molecule has 2 nitrogen and oxygen atoms in total. The zero-order valence-corrected chi connectivity index (χ0v) is 14.6. The number of unbranched alkanes of at least 4 members (excludes halogenated alkanes) is 4. The molecule has 0 aliphatic rings. The molecule has 2 aromatic carbocycles. The minimum Gasteiger partial charge on any atom is -0.489 e. The Labute approximate surface area is 145 Å². The van der Waals surface area contributed by atoms with Crippen LogP contribution in [0.1, 0.15) is 50.2 Å². The Morgan fingerprint density at radius 3 is 2.46 bits per heavy atom. The van der Waals surface area contributed by atoms with Crippen LogP contribution in [0.2, 0.25) is 0 Å². The van der Waals surface area contributed by atoms with Crippen LogP contribution in [-0.2, 0) is 13.2 Å². The Balaban J connectivity index is 1.76. The summed E-state index contributed by atoms with van der Waals surface area (Å²) in [7, 11) is 0. The van der Waals surface area contributed by atoms with E-state index in [4.69, 9.17) is 4.74 Å². The zero-order valence-electron chi connectivity index (χ0n) is 14.6. The van der Waals surface area contributed by atoms with Crippen LogP contribution in [0, 0.1) is 5.82 Å². The number of nitrogens with one attached hydrogen (secondary N) is 1. The minimum absolute atomic E-state index is 0.220. The van der Waals surface area contributed by atoms with Crippen molar-refractivity contribution < 1.29 is 9.13 Å². The van der Waals surface area contributed by atoms with Gasteiger partial charge in [0.25, 0.3) is 0 Å². The molecule has 0 heterocycles. The van der Waals surface area contributed by atoms with Gasteiger partial charge < -0.3 is 10.1 Å². The lowest BCUT2D eigenvalue weighted by Crippen LogP contribution is -2.15. The molecule has 2 rings (SSSR count). The molecule has 0 unspecified atom stereocenters. The van der Waals surface area contributed by atoms with Gasteiger partial charge >= 0.3 is 0 Å². The van der Waals surface area contributed by atoms with Gasteiger partial charge in [-0.2, -0.15) is 0 Å². The molecular weight excluding hydrogens is 301 g/mol. The highest BCUT2D eigenvalue weighted by molar-refractivity contribution is 5.33. The molecule has 3 heteroatoms. The van der Waals surface area contributed by atoms with Crippen molar-refractivity contribution in [3.8, 4) is 5.75 Å². The van der Waals surface area contributed by atoms with Crippen molar-refractivity contribution in [1.29, 1.82) is 0 Å². The van der Waals surface area contributed by atoms with Crippen molar-refractivity contribution in [1.82, 2.24) is 5.32 Å². The standard InChI is InChI=1S/C21H28FNO/c1-2-3-4-5-8-15-23-16-19-9-6-7-10-21(19)24-17-18-11-13-20(22)14-12-18/h6-7,9-14,23H,2-5,8,15-17H2,1H3. The Morgan fingerprint density at radius 1 is 0.917 bits per heavy atom. The molecule has 130 valence electrons. The monoisotopic (exact) mass is 329 g/mol. The summed E-state index contributed by atoms with van der Waals surface area (Å²) in [5.41, 5.74) is 2.13. The van der Waals surface area contributed by atoms with Crippen LogP contribution in [-0.4, -0.2) is 6.54 Å². The maximum absolute atomic E-state index is 12.9. The molecule has 0 aliphatic carbocycles. The van der Waals surface area contributed by atoms with Crippen LogP contribution in [0.3, 0.4) is 0 Å². The number of hydrogen-bond acceptors (Lipinski definition) is 2. The first kappa shape index (κ1) is 18.5. The largest absolute Gasteiger partial charge is 0.489 e. The number of halogens is 1. The molecule has 0 saturated carbocycles. The number of ether oxygens (including phenoxy) is 1. The number of rotatable bonds is 11. The highest BCUT2D eigenvalue weighted by Crippen LogP contribution is 2.19. The fraction of sp³-hybridized carbons (Fsp3) is 0.429. The highest BCUT2D eigenvalue weighted by Gasteiger charge is 2.03. The van der Waals surface area contributed by atoms with Gasteiger partial charge in [-0.25, -0.2) is 4.39 Å². The Hall–Kier alpha value is -1.87. The van der Waals surface area contributed by atoms with Crippen LogP contribution < -0.4 is 10.1 Å². The first-order valence-corrected chi connectivity index (χ1v) is 8.95. The molecule has 0 bridgehead atoms. The lowest BCUT2D eigenvalue weighted by molar-refractivity contribution is 0.302. The van der Waals surface area contributed by atoms with E-state index in [2.05, 4.69) is 18.3 Å². The summed E-state index contributed by atoms with van der Waals surface area (Å²) >= 11 is 0. The van der Waals surface area contributed by atoms with Crippen molar-refractivity contribution in [2.24, 2.45) is 0 Å². The first-order chi connectivity index (χ1) is 11.8. The lowest BCUT2D eigenvalue weighted by atomic mass is 10.1. The average Bonchev–Trinajstić information content (AvgIpc) is 2.61. The summed E-state index contributed by atoms with van der Waals surface area (Å²) in [6.07, 6.45) is 6.46. The highest BCUT2D eigenvalue weighted by atomic mass is 19.1. The second-order valence-electron chi connectivity index (χ2n) is 6.11. The van der Waals surface area contributed by atoms with E-state index in [1.54, 1.807) is 12.1 Å².